The molecule has 0 fully saturated rings. The van der Waals surface area contributed by atoms with Crippen molar-refractivity contribution in [3.8, 4) is 0 Å². The first-order chi connectivity index (χ1) is 11.0. The molecular formula is C14H16N4O3S2. The number of unbranched alkanes of at least 4 members (excludes halogenated alkanes) is 1. The van der Waals surface area contributed by atoms with Gasteiger partial charge in [0, 0.05) is 22.9 Å². The van der Waals surface area contributed by atoms with Gasteiger partial charge in [0.2, 0.25) is 5.13 Å². The van der Waals surface area contributed by atoms with Crippen molar-refractivity contribution in [3.63, 3.8) is 0 Å². The molecule has 0 aliphatic rings. The second kappa shape index (κ2) is 8.02. The van der Waals surface area contributed by atoms with E-state index in [9.17, 15) is 14.9 Å². The van der Waals surface area contributed by atoms with Crippen molar-refractivity contribution >= 4 is 39.8 Å². The Morgan fingerprint density at radius 1 is 1.43 bits per heavy atom. The highest BCUT2D eigenvalue weighted by Crippen LogP contribution is 2.27. The molecule has 0 aliphatic heterocycles. The third-order valence-corrected chi connectivity index (χ3v) is 5.16. The Bertz CT molecular complexity index is 718. The zero-order valence-corrected chi connectivity index (χ0v) is 14.4. The van der Waals surface area contributed by atoms with Crippen LogP contribution < -0.4 is 5.32 Å². The Kier molecular flexibility index (Phi) is 6.05. The quantitative estimate of drug-likeness (QED) is 0.267. The number of carbonyl (C=O) groups is 1. The van der Waals surface area contributed by atoms with Crippen molar-refractivity contribution in [2.75, 3.05) is 11.1 Å². The number of nitrogens with zero attached hydrogens (tertiary/aromatic N) is 3. The Morgan fingerprint density at radius 2 is 2.22 bits per heavy atom. The van der Waals surface area contributed by atoms with Gasteiger partial charge in [-0.2, -0.15) is 0 Å². The fraction of sp³-hybridized carbons (Fsp3) is 0.357. The predicted molar refractivity (Wildman–Crippen MR) is 91.3 cm³/mol. The molecule has 0 bridgehead atoms. The van der Waals surface area contributed by atoms with E-state index >= 15 is 0 Å². The topological polar surface area (TPSA) is 98.0 Å². The lowest BCUT2D eigenvalue weighted by Gasteiger charge is -2.05. The van der Waals surface area contributed by atoms with Gasteiger partial charge in [0.05, 0.1) is 4.92 Å². The molecular weight excluding hydrogens is 336 g/mol. The van der Waals surface area contributed by atoms with Crippen LogP contribution in [0, 0.1) is 17.0 Å². The first-order valence-corrected chi connectivity index (χ1v) is 8.84. The molecule has 0 saturated carbocycles. The van der Waals surface area contributed by atoms with Gasteiger partial charge < -0.3 is 0 Å². The molecule has 7 nitrogen and oxygen atoms in total. The Hall–Kier alpha value is -2.00. The first kappa shape index (κ1) is 17.4. The van der Waals surface area contributed by atoms with Gasteiger partial charge in [0.1, 0.15) is 0 Å². The number of anilines is 1. The van der Waals surface area contributed by atoms with Crippen LogP contribution in [0.3, 0.4) is 0 Å². The summed E-state index contributed by atoms with van der Waals surface area (Å²) < 4.78 is 0.796. The highest BCUT2D eigenvalue weighted by molar-refractivity contribution is 8.01. The fourth-order valence-corrected chi connectivity index (χ4v) is 3.76. The normalized spacial score (nSPS) is 10.5. The predicted octanol–water partition coefficient (Wildman–Crippen LogP) is 3.90. The Morgan fingerprint density at radius 3 is 2.91 bits per heavy atom. The van der Waals surface area contributed by atoms with E-state index in [4.69, 9.17) is 0 Å². The van der Waals surface area contributed by atoms with E-state index in [-0.39, 0.29) is 11.3 Å². The van der Waals surface area contributed by atoms with E-state index in [1.165, 1.54) is 23.5 Å². The zero-order chi connectivity index (χ0) is 16.8. The van der Waals surface area contributed by atoms with Crippen LogP contribution in [0.15, 0.2) is 22.5 Å². The molecule has 122 valence electrons. The molecule has 0 aliphatic carbocycles. The molecule has 1 N–H and O–H groups in total. The number of nitro groups is 1. The summed E-state index contributed by atoms with van der Waals surface area (Å²) in [5.74, 6) is 0.538. The van der Waals surface area contributed by atoms with Crippen LogP contribution in [-0.4, -0.2) is 26.8 Å². The van der Waals surface area contributed by atoms with Gasteiger partial charge >= 0.3 is 0 Å². The minimum atomic E-state index is -0.500. The number of rotatable bonds is 7. The van der Waals surface area contributed by atoms with Crippen LogP contribution in [0.25, 0.3) is 0 Å². The van der Waals surface area contributed by atoms with Crippen molar-refractivity contribution in [1.29, 1.82) is 0 Å². The molecule has 1 heterocycles. The number of amides is 1. The van der Waals surface area contributed by atoms with Crippen LogP contribution in [0.5, 0.6) is 0 Å². The zero-order valence-electron chi connectivity index (χ0n) is 12.7. The van der Waals surface area contributed by atoms with Crippen molar-refractivity contribution in [2.45, 2.75) is 31.0 Å². The minimum absolute atomic E-state index is 0.0780. The van der Waals surface area contributed by atoms with Gasteiger partial charge in [0.15, 0.2) is 4.34 Å². The smallest absolute Gasteiger partial charge is 0.273 e. The number of aromatic nitrogens is 2. The molecule has 2 rings (SSSR count). The summed E-state index contributed by atoms with van der Waals surface area (Å²) >= 11 is 2.90. The van der Waals surface area contributed by atoms with Crippen LogP contribution in [0.1, 0.15) is 35.7 Å². The molecule has 1 amide bonds. The van der Waals surface area contributed by atoms with Gasteiger partial charge in [-0.25, -0.2) is 0 Å². The monoisotopic (exact) mass is 352 g/mol. The summed E-state index contributed by atoms with van der Waals surface area (Å²) in [5, 5.41) is 21.9. The number of hydrogen-bond acceptors (Lipinski definition) is 7. The molecule has 0 radical (unpaired) electrons. The number of hydrogen-bond donors (Lipinski definition) is 1. The van der Waals surface area contributed by atoms with E-state index in [1.54, 1.807) is 24.8 Å². The third-order valence-electron chi connectivity index (χ3n) is 3.10. The molecule has 1 aromatic heterocycles. The fourth-order valence-electron chi connectivity index (χ4n) is 1.85. The molecule has 0 saturated heterocycles. The average molecular weight is 352 g/mol. The van der Waals surface area contributed by atoms with Crippen molar-refractivity contribution in [2.24, 2.45) is 0 Å². The number of thioether (sulfide) groups is 1. The average Bonchev–Trinajstić information content (AvgIpc) is 2.94. The van der Waals surface area contributed by atoms with E-state index in [2.05, 4.69) is 22.4 Å². The van der Waals surface area contributed by atoms with Gasteiger partial charge in [-0.05, 0) is 19.4 Å². The lowest BCUT2D eigenvalue weighted by molar-refractivity contribution is -0.385. The highest BCUT2D eigenvalue weighted by atomic mass is 32.2. The maximum atomic E-state index is 12.3. The van der Waals surface area contributed by atoms with E-state index in [0.717, 1.165) is 22.9 Å². The van der Waals surface area contributed by atoms with Crippen molar-refractivity contribution in [1.82, 2.24) is 10.2 Å². The maximum absolute atomic E-state index is 12.3. The lowest BCUT2D eigenvalue weighted by Crippen LogP contribution is -2.14. The standard InChI is InChI=1S/C14H16N4O3S2/c1-3-4-8-22-14-17-16-13(23-14)15-12(19)10-6-5-7-11(9(10)2)18(20)21/h5-7H,3-4,8H2,1-2H3,(H,15,16,19). The highest BCUT2D eigenvalue weighted by Gasteiger charge is 2.19. The van der Waals surface area contributed by atoms with Gasteiger partial charge in [0.25, 0.3) is 11.6 Å². The van der Waals surface area contributed by atoms with Gasteiger partial charge in [-0.1, -0.05) is 42.5 Å². The molecule has 0 unspecified atom stereocenters. The number of carbonyl (C=O) groups excluding carboxylic acids is 1. The van der Waals surface area contributed by atoms with Crippen LogP contribution >= 0.6 is 23.1 Å². The van der Waals surface area contributed by atoms with E-state index < -0.39 is 10.8 Å². The SMILES string of the molecule is CCCCSc1nnc(NC(=O)c2cccc([N+](=O)[O-])c2C)s1. The van der Waals surface area contributed by atoms with Gasteiger partial charge in [-0.3, -0.25) is 20.2 Å². The molecule has 1 aromatic carbocycles. The summed E-state index contributed by atoms with van der Waals surface area (Å²) in [6.45, 7) is 3.67. The third kappa shape index (κ3) is 4.49. The first-order valence-electron chi connectivity index (χ1n) is 7.04. The number of nitrogens with one attached hydrogen (secondary N) is 1. The molecule has 0 spiro atoms. The largest absolute Gasteiger partial charge is 0.296 e. The summed E-state index contributed by atoms with van der Waals surface area (Å²) in [4.78, 5) is 22.7. The van der Waals surface area contributed by atoms with Crippen molar-refractivity contribution < 1.29 is 9.72 Å². The summed E-state index contributed by atoms with van der Waals surface area (Å²) in [7, 11) is 0. The van der Waals surface area contributed by atoms with Crippen molar-refractivity contribution in [3.05, 3.63) is 39.4 Å². The van der Waals surface area contributed by atoms with E-state index in [0.29, 0.717) is 10.7 Å². The summed E-state index contributed by atoms with van der Waals surface area (Å²) in [5.41, 5.74) is 0.511. The molecule has 2 aromatic rings. The number of benzene rings is 1. The van der Waals surface area contributed by atoms with E-state index in [1.807, 2.05) is 0 Å². The number of nitro benzene ring substituents is 1. The Balaban J connectivity index is 2.08. The Labute approximate surface area is 141 Å². The molecule has 23 heavy (non-hydrogen) atoms. The van der Waals surface area contributed by atoms with Crippen LogP contribution in [0.4, 0.5) is 10.8 Å². The molecule has 0 atom stereocenters. The summed E-state index contributed by atoms with van der Waals surface area (Å²) in [6, 6.07) is 4.42. The minimum Gasteiger partial charge on any atom is -0.296 e. The van der Waals surface area contributed by atoms with Crippen LogP contribution in [-0.2, 0) is 0 Å². The lowest BCUT2D eigenvalue weighted by atomic mass is 10.1. The molecule has 9 heteroatoms. The van der Waals surface area contributed by atoms with Crippen LogP contribution in [0.2, 0.25) is 0 Å². The summed E-state index contributed by atoms with van der Waals surface area (Å²) in [6.07, 6.45) is 2.21. The second-order valence-corrected chi connectivity index (χ2v) is 7.06. The second-order valence-electron chi connectivity index (χ2n) is 4.74. The maximum Gasteiger partial charge on any atom is 0.273 e. The van der Waals surface area contributed by atoms with Gasteiger partial charge in [-0.15, -0.1) is 10.2 Å².